The van der Waals surface area contributed by atoms with Crippen LogP contribution >= 0.6 is 0 Å². The fraction of sp³-hybridized carbons (Fsp3) is 0.111. The van der Waals surface area contributed by atoms with E-state index in [2.05, 4.69) is 88.8 Å². The molecule has 0 fully saturated rings. The minimum Gasteiger partial charge on any atom is -0.289 e. The van der Waals surface area contributed by atoms with Crippen LogP contribution in [0.4, 0.5) is 5.69 Å². The molecule has 0 unspecified atom stereocenters. The maximum Gasteiger partial charge on any atom is 0.0638 e. The Morgan fingerprint density at radius 1 is 0.517 bits per heavy atom. The highest BCUT2D eigenvalue weighted by Gasteiger charge is 2.01. The molecule has 0 heterocycles. The van der Waals surface area contributed by atoms with Crippen molar-refractivity contribution in [3.63, 3.8) is 0 Å². The van der Waals surface area contributed by atoms with Gasteiger partial charge in [0.2, 0.25) is 0 Å². The molecule has 0 aliphatic heterocycles. The van der Waals surface area contributed by atoms with Crippen molar-refractivity contribution < 1.29 is 0 Å². The van der Waals surface area contributed by atoms with Gasteiger partial charge < -0.3 is 0 Å². The second-order valence-electron chi connectivity index (χ2n) is 7.17. The molecule has 0 atom stereocenters. The zero-order chi connectivity index (χ0) is 19.9. The molecular weight excluding hydrogens is 352 g/mol. The third kappa shape index (κ3) is 5.26. The number of rotatable bonds is 5. The number of allylic oxidation sites excluding steroid dienone is 4. The molecule has 0 saturated carbocycles. The quantitative estimate of drug-likeness (QED) is 0.478. The first-order chi connectivity index (χ1) is 14.3. The van der Waals surface area contributed by atoms with Crippen molar-refractivity contribution >= 4 is 17.1 Å². The summed E-state index contributed by atoms with van der Waals surface area (Å²) in [6, 6.07) is 28.0. The summed E-state index contributed by atoms with van der Waals surface area (Å²) < 4.78 is 0. The molecule has 29 heavy (non-hydrogen) atoms. The van der Waals surface area contributed by atoms with Gasteiger partial charge in [0.25, 0.3) is 0 Å². The lowest BCUT2D eigenvalue weighted by Crippen LogP contribution is -1.99. The maximum absolute atomic E-state index is 4.67. The van der Waals surface area contributed by atoms with E-state index < -0.39 is 0 Å². The van der Waals surface area contributed by atoms with E-state index in [0.717, 1.165) is 30.0 Å². The molecule has 0 radical (unpaired) electrons. The Morgan fingerprint density at radius 2 is 0.966 bits per heavy atom. The Bertz CT molecular complexity index is 1050. The van der Waals surface area contributed by atoms with E-state index >= 15 is 0 Å². The molecule has 0 bridgehead atoms. The van der Waals surface area contributed by atoms with E-state index in [1.165, 1.54) is 22.3 Å². The van der Waals surface area contributed by atoms with Gasteiger partial charge in [0.15, 0.2) is 0 Å². The van der Waals surface area contributed by atoms with E-state index in [9.17, 15) is 0 Å². The molecule has 0 N–H and O–H groups in total. The van der Waals surface area contributed by atoms with Gasteiger partial charge >= 0.3 is 0 Å². The maximum atomic E-state index is 4.67. The van der Waals surface area contributed by atoms with Crippen LogP contribution in [0.3, 0.4) is 0 Å². The minimum atomic E-state index is 0.929. The van der Waals surface area contributed by atoms with Crippen LogP contribution in [0.5, 0.6) is 0 Å². The van der Waals surface area contributed by atoms with E-state index in [1.54, 1.807) is 7.05 Å². The Morgan fingerprint density at radius 3 is 1.48 bits per heavy atom. The van der Waals surface area contributed by atoms with Crippen LogP contribution in [0.2, 0.25) is 0 Å². The lowest BCUT2D eigenvalue weighted by Gasteiger charge is -2.06. The molecule has 0 saturated heterocycles. The predicted octanol–water partition coefficient (Wildman–Crippen LogP) is 6.14. The Balaban J connectivity index is 1.38. The molecule has 1 aliphatic rings. The Kier molecular flexibility index (Phi) is 5.92. The van der Waals surface area contributed by atoms with Crippen molar-refractivity contribution in [2.24, 2.45) is 9.98 Å². The highest BCUT2D eigenvalue weighted by atomic mass is 14.7. The summed E-state index contributed by atoms with van der Waals surface area (Å²) in [6.07, 6.45) is 9.85. The second kappa shape index (κ2) is 9.11. The molecule has 0 amide bonds. The number of hydrogen-bond donors (Lipinski definition) is 0. The van der Waals surface area contributed by atoms with Crippen LogP contribution in [-0.2, 0) is 12.8 Å². The minimum absolute atomic E-state index is 0.929. The number of benzene rings is 3. The molecule has 2 heteroatoms. The summed E-state index contributed by atoms with van der Waals surface area (Å²) >= 11 is 0. The van der Waals surface area contributed by atoms with Crippen LogP contribution in [0.15, 0.2) is 113 Å². The number of nitrogens with zero attached hydrogens (tertiary/aromatic N) is 2. The predicted molar refractivity (Wildman–Crippen MR) is 124 cm³/mol. The molecule has 4 rings (SSSR count). The van der Waals surface area contributed by atoms with Crippen LogP contribution < -0.4 is 0 Å². The average molecular weight is 377 g/mol. The first kappa shape index (κ1) is 18.8. The van der Waals surface area contributed by atoms with Crippen LogP contribution in [-0.4, -0.2) is 18.5 Å². The van der Waals surface area contributed by atoms with Gasteiger partial charge in [0.1, 0.15) is 0 Å². The van der Waals surface area contributed by atoms with E-state index in [-0.39, 0.29) is 0 Å². The van der Waals surface area contributed by atoms with E-state index in [1.807, 2.05) is 24.3 Å². The van der Waals surface area contributed by atoms with Crippen molar-refractivity contribution in [3.8, 4) is 0 Å². The molecule has 3 aromatic carbocycles. The second-order valence-corrected chi connectivity index (χ2v) is 7.17. The fourth-order valence-corrected chi connectivity index (χ4v) is 3.36. The molecule has 0 spiro atoms. The van der Waals surface area contributed by atoms with E-state index in [0.29, 0.717) is 0 Å². The lowest BCUT2D eigenvalue weighted by atomic mass is 10.0. The van der Waals surface area contributed by atoms with Crippen molar-refractivity contribution in [2.45, 2.75) is 12.8 Å². The summed E-state index contributed by atoms with van der Waals surface area (Å²) in [6.45, 7) is 0. The normalized spacial score (nSPS) is 12.9. The summed E-state index contributed by atoms with van der Waals surface area (Å²) in [5.41, 5.74) is 8.18. The molecule has 1 aliphatic carbocycles. The molecule has 3 aromatic rings. The molecule has 0 aromatic heterocycles. The topological polar surface area (TPSA) is 24.7 Å². The Hall–Kier alpha value is -3.52. The van der Waals surface area contributed by atoms with Gasteiger partial charge in [0.05, 0.1) is 17.1 Å². The summed E-state index contributed by atoms with van der Waals surface area (Å²) in [5, 5.41) is 0. The van der Waals surface area contributed by atoms with E-state index in [4.69, 9.17) is 0 Å². The highest BCUT2D eigenvalue weighted by molar-refractivity contribution is 6.18. The largest absolute Gasteiger partial charge is 0.289 e. The SMILES string of the molecule is CN=C1C=CC(=Nc2ccc(Cc3ccc(Cc4ccccc4)cc3)cc2)C=C1. The molecule has 142 valence electrons. The average Bonchev–Trinajstić information content (AvgIpc) is 2.78. The highest BCUT2D eigenvalue weighted by Crippen LogP contribution is 2.18. The van der Waals surface area contributed by atoms with Crippen molar-refractivity contribution in [3.05, 3.63) is 125 Å². The third-order valence-electron chi connectivity index (χ3n) is 4.98. The monoisotopic (exact) mass is 376 g/mol. The van der Waals surface area contributed by atoms with Gasteiger partial charge in [-0.25, -0.2) is 4.99 Å². The first-order valence-electron chi connectivity index (χ1n) is 9.91. The number of hydrogen-bond acceptors (Lipinski definition) is 2. The van der Waals surface area contributed by atoms with Gasteiger partial charge in [-0.05, 0) is 71.5 Å². The van der Waals surface area contributed by atoms with Crippen molar-refractivity contribution in [1.82, 2.24) is 0 Å². The summed E-state index contributed by atoms with van der Waals surface area (Å²) in [4.78, 5) is 8.83. The summed E-state index contributed by atoms with van der Waals surface area (Å²) in [7, 11) is 1.79. The fourth-order valence-electron chi connectivity index (χ4n) is 3.36. The van der Waals surface area contributed by atoms with Crippen molar-refractivity contribution in [1.29, 1.82) is 0 Å². The summed E-state index contributed by atoms with van der Waals surface area (Å²) in [5.74, 6) is 0. The first-order valence-corrected chi connectivity index (χ1v) is 9.91. The molecular formula is C27H24N2. The molecule has 2 nitrogen and oxygen atoms in total. The third-order valence-corrected chi connectivity index (χ3v) is 4.98. The lowest BCUT2D eigenvalue weighted by molar-refractivity contribution is 1.15. The number of aliphatic imine (C=N–C) groups is 2. The smallest absolute Gasteiger partial charge is 0.0638 e. The zero-order valence-corrected chi connectivity index (χ0v) is 16.6. The van der Waals surface area contributed by atoms with Gasteiger partial charge in [0, 0.05) is 7.05 Å². The van der Waals surface area contributed by atoms with Crippen LogP contribution in [0, 0.1) is 0 Å². The van der Waals surface area contributed by atoms with Gasteiger partial charge in [-0.1, -0.05) is 66.7 Å². The van der Waals surface area contributed by atoms with Gasteiger partial charge in [-0.15, -0.1) is 0 Å². The zero-order valence-electron chi connectivity index (χ0n) is 16.6. The van der Waals surface area contributed by atoms with Gasteiger partial charge in [-0.3, -0.25) is 4.99 Å². The van der Waals surface area contributed by atoms with Crippen molar-refractivity contribution in [2.75, 3.05) is 7.05 Å². The van der Waals surface area contributed by atoms with Crippen LogP contribution in [0.1, 0.15) is 22.3 Å². The van der Waals surface area contributed by atoms with Crippen LogP contribution in [0.25, 0.3) is 0 Å². The Labute approximate surface area is 172 Å². The standard InChI is InChI=1S/C27H24N2/c1-28-25-15-17-27(18-16-25)29-26-13-11-24(12-14-26)20-23-9-7-22(8-10-23)19-21-5-3-2-4-6-21/h2-18H,19-20H2,1H3. The van der Waals surface area contributed by atoms with Gasteiger partial charge in [-0.2, -0.15) is 0 Å².